The van der Waals surface area contributed by atoms with E-state index >= 15 is 0 Å². The number of halogens is 1. The summed E-state index contributed by atoms with van der Waals surface area (Å²) < 4.78 is 29.9. The number of benzene rings is 1. The highest BCUT2D eigenvalue weighted by Crippen LogP contribution is 2.30. The zero-order valence-corrected chi connectivity index (χ0v) is 16.3. The van der Waals surface area contributed by atoms with Crippen molar-refractivity contribution < 1.29 is 23.4 Å². The second-order valence-corrected chi connectivity index (χ2v) is 7.05. The molecule has 0 saturated heterocycles. The lowest BCUT2D eigenvalue weighted by atomic mass is 9.80. The van der Waals surface area contributed by atoms with Crippen LogP contribution in [-0.4, -0.2) is 39.1 Å². The minimum atomic E-state index is -0.677. The first kappa shape index (κ1) is 21.6. The van der Waals surface area contributed by atoms with E-state index in [-0.39, 0.29) is 5.75 Å². The monoisotopic (exact) mass is 381 g/mol. The van der Waals surface area contributed by atoms with Crippen molar-refractivity contribution in [1.29, 1.82) is 0 Å². The molecule has 5 nitrogen and oxygen atoms in total. The van der Waals surface area contributed by atoms with E-state index < -0.39 is 11.9 Å². The predicted molar refractivity (Wildman–Crippen MR) is 102 cm³/mol. The third-order valence-electron chi connectivity index (χ3n) is 4.93. The van der Waals surface area contributed by atoms with Crippen LogP contribution in [-0.2, 0) is 9.47 Å². The van der Waals surface area contributed by atoms with E-state index in [9.17, 15) is 9.18 Å². The third kappa shape index (κ3) is 8.26. The van der Waals surface area contributed by atoms with Gasteiger partial charge in [-0.2, -0.15) is 0 Å². The summed E-state index contributed by atoms with van der Waals surface area (Å²) in [5.41, 5.74) is 0. The van der Waals surface area contributed by atoms with Gasteiger partial charge in [-0.25, -0.2) is 9.18 Å². The fourth-order valence-electron chi connectivity index (χ4n) is 3.33. The lowest BCUT2D eigenvalue weighted by molar-refractivity contribution is 0.0144. The average molecular weight is 381 g/mol. The number of hydrogen-bond donors (Lipinski definition) is 1. The fourth-order valence-corrected chi connectivity index (χ4v) is 3.33. The molecule has 0 aliphatic heterocycles. The highest BCUT2D eigenvalue weighted by atomic mass is 19.1. The molecule has 6 heteroatoms. The van der Waals surface area contributed by atoms with Crippen molar-refractivity contribution in [2.45, 2.75) is 45.4 Å². The van der Waals surface area contributed by atoms with Gasteiger partial charge in [0.15, 0.2) is 11.6 Å². The maximum Gasteiger partial charge on any atom is 0.412 e. The van der Waals surface area contributed by atoms with Crippen LogP contribution in [0.4, 0.5) is 9.18 Å². The topological polar surface area (TPSA) is 56.8 Å². The minimum Gasteiger partial charge on any atom is -0.407 e. The predicted octanol–water partition coefficient (Wildman–Crippen LogP) is 4.55. The van der Waals surface area contributed by atoms with Crippen molar-refractivity contribution in [1.82, 2.24) is 5.32 Å². The molecular weight excluding hydrogens is 349 g/mol. The highest BCUT2D eigenvalue weighted by molar-refractivity contribution is 5.70. The lowest BCUT2D eigenvalue weighted by Crippen LogP contribution is -2.32. The van der Waals surface area contributed by atoms with E-state index in [0.717, 1.165) is 26.1 Å². The average Bonchev–Trinajstić information content (AvgIpc) is 2.68. The zero-order chi connectivity index (χ0) is 19.3. The number of carbonyl (C=O) groups is 1. The molecule has 1 N–H and O–H groups in total. The molecule has 0 aromatic heterocycles. The van der Waals surface area contributed by atoms with Crippen molar-refractivity contribution in [3.05, 3.63) is 30.1 Å². The molecule has 0 spiro atoms. The van der Waals surface area contributed by atoms with E-state index in [1.54, 1.807) is 12.1 Å². The van der Waals surface area contributed by atoms with E-state index in [1.165, 1.54) is 37.8 Å². The number of nitrogens with one attached hydrogen (secondary N) is 1. The molecule has 2 rings (SSSR count). The Morgan fingerprint density at radius 1 is 1.11 bits per heavy atom. The number of rotatable bonds is 11. The molecule has 1 aliphatic rings. The number of para-hydroxylation sites is 1. The van der Waals surface area contributed by atoms with E-state index in [4.69, 9.17) is 14.2 Å². The van der Waals surface area contributed by atoms with Crippen LogP contribution in [0, 0.1) is 17.7 Å². The van der Waals surface area contributed by atoms with Crippen molar-refractivity contribution in [2.24, 2.45) is 11.8 Å². The lowest BCUT2D eigenvalue weighted by Gasteiger charge is -2.31. The largest absolute Gasteiger partial charge is 0.412 e. The maximum absolute atomic E-state index is 13.4. The molecule has 0 bridgehead atoms. The van der Waals surface area contributed by atoms with Crippen LogP contribution in [0.1, 0.15) is 45.4 Å². The Morgan fingerprint density at radius 2 is 1.78 bits per heavy atom. The number of unbranched alkanes of at least 4 members (excludes halogenated alkanes) is 1. The summed E-state index contributed by atoms with van der Waals surface area (Å²) in [5, 5.41) is 2.58. The van der Waals surface area contributed by atoms with Gasteiger partial charge >= 0.3 is 6.09 Å². The summed E-state index contributed by atoms with van der Waals surface area (Å²) in [7, 11) is 0. The second kappa shape index (κ2) is 12.7. The van der Waals surface area contributed by atoms with Crippen LogP contribution in [0.5, 0.6) is 5.75 Å². The Bertz CT molecular complexity index is 555. The third-order valence-corrected chi connectivity index (χ3v) is 4.93. The summed E-state index contributed by atoms with van der Waals surface area (Å²) >= 11 is 0. The summed E-state index contributed by atoms with van der Waals surface area (Å²) in [4.78, 5) is 11.7. The first-order chi connectivity index (χ1) is 13.2. The van der Waals surface area contributed by atoms with E-state index in [0.29, 0.717) is 31.6 Å². The SMILES string of the molecule is CCCCOCC1CCCCC1COCCNC(=O)Oc1ccccc1F. The van der Waals surface area contributed by atoms with Crippen LogP contribution in [0.25, 0.3) is 0 Å². The van der Waals surface area contributed by atoms with Crippen LogP contribution in [0.3, 0.4) is 0 Å². The van der Waals surface area contributed by atoms with Crippen LogP contribution in [0.2, 0.25) is 0 Å². The quantitative estimate of drug-likeness (QED) is 0.571. The number of hydrogen-bond acceptors (Lipinski definition) is 4. The van der Waals surface area contributed by atoms with Gasteiger partial charge in [0.1, 0.15) is 0 Å². The smallest absolute Gasteiger partial charge is 0.407 e. The fraction of sp³-hybridized carbons (Fsp3) is 0.667. The molecule has 1 amide bonds. The van der Waals surface area contributed by atoms with Gasteiger partial charge in [-0.1, -0.05) is 38.3 Å². The summed E-state index contributed by atoms with van der Waals surface area (Å²) in [6, 6.07) is 5.82. The molecule has 27 heavy (non-hydrogen) atoms. The summed E-state index contributed by atoms with van der Waals surface area (Å²) in [6.07, 6.45) is 6.47. The standard InChI is InChI=1S/C21H32FNO4/c1-2-3-13-25-15-17-8-4-5-9-18(17)16-26-14-12-23-21(24)27-20-11-7-6-10-19(20)22/h6-7,10-11,17-18H,2-5,8-9,12-16H2,1H3,(H,23,24). The van der Waals surface area contributed by atoms with Gasteiger partial charge in [0, 0.05) is 26.4 Å². The van der Waals surface area contributed by atoms with Crippen molar-refractivity contribution in [3.8, 4) is 5.75 Å². The molecule has 2 atom stereocenters. The number of amides is 1. The first-order valence-corrected chi connectivity index (χ1v) is 10.1. The Hall–Kier alpha value is -1.66. The molecule has 152 valence electrons. The van der Waals surface area contributed by atoms with E-state index in [2.05, 4.69) is 12.2 Å². The molecule has 1 aromatic carbocycles. The molecule has 1 fully saturated rings. The van der Waals surface area contributed by atoms with Crippen molar-refractivity contribution in [3.63, 3.8) is 0 Å². The molecule has 0 heterocycles. The van der Waals surface area contributed by atoms with Crippen LogP contribution < -0.4 is 10.1 Å². The second-order valence-electron chi connectivity index (χ2n) is 7.05. The maximum atomic E-state index is 13.4. The zero-order valence-electron chi connectivity index (χ0n) is 16.3. The summed E-state index contributed by atoms with van der Waals surface area (Å²) in [5.74, 6) is 0.442. The van der Waals surface area contributed by atoms with Gasteiger partial charge in [0.05, 0.1) is 6.61 Å². The van der Waals surface area contributed by atoms with Gasteiger partial charge in [0.2, 0.25) is 0 Å². The molecule has 1 aliphatic carbocycles. The molecular formula is C21H32FNO4. The van der Waals surface area contributed by atoms with Crippen molar-refractivity contribution >= 4 is 6.09 Å². The minimum absolute atomic E-state index is 0.0796. The van der Waals surface area contributed by atoms with Crippen LogP contribution >= 0.6 is 0 Å². The number of ether oxygens (including phenoxy) is 3. The highest BCUT2D eigenvalue weighted by Gasteiger charge is 2.25. The Balaban J connectivity index is 1.59. The first-order valence-electron chi connectivity index (χ1n) is 10.1. The van der Waals surface area contributed by atoms with Gasteiger partial charge in [-0.05, 0) is 43.2 Å². The van der Waals surface area contributed by atoms with Gasteiger partial charge < -0.3 is 19.5 Å². The van der Waals surface area contributed by atoms with Crippen molar-refractivity contribution in [2.75, 3.05) is 33.0 Å². The Kier molecular flexibility index (Phi) is 10.2. The molecule has 1 aromatic rings. The van der Waals surface area contributed by atoms with Gasteiger partial charge in [0.25, 0.3) is 0 Å². The van der Waals surface area contributed by atoms with E-state index in [1.807, 2.05) is 0 Å². The molecule has 1 saturated carbocycles. The number of carbonyl (C=O) groups excluding carboxylic acids is 1. The Labute approximate surface area is 161 Å². The molecule has 2 unspecified atom stereocenters. The van der Waals surface area contributed by atoms with Gasteiger partial charge in [-0.3, -0.25) is 0 Å². The molecule has 0 radical (unpaired) electrons. The summed E-state index contributed by atoms with van der Waals surface area (Å²) in [6.45, 7) is 5.26. The van der Waals surface area contributed by atoms with Crippen LogP contribution in [0.15, 0.2) is 24.3 Å². The Morgan fingerprint density at radius 3 is 2.44 bits per heavy atom. The normalized spacial score (nSPS) is 19.6. The van der Waals surface area contributed by atoms with Gasteiger partial charge in [-0.15, -0.1) is 0 Å².